The van der Waals surface area contributed by atoms with E-state index in [0.29, 0.717) is 11.4 Å². The highest BCUT2D eigenvalue weighted by Crippen LogP contribution is 2.26. The lowest BCUT2D eigenvalue weighted by molar-refractivity contribution is 1.10. The number of hydrogen-bond acceptors (Lipinski definition) is 3. The van der Waals surface area contributed by atoms with Crippen molar-refractivity contribution in [3.05, 3.63) is 41.4 Å². The highest BCUT2D eigenvalue weighted by atomic mass is 16.3. The average molecular weight is 173 g/mol. The molecule has 0 atom stereocenters. The quantitative estimate of drug-likeness (QED) is 0.709. The number of nitrogens with zero attached hydrogens (tertiary/aromatic N) is 2. The number of benzene rings is 1. The average Bonchev–Trinajstić information content (AvgIpc) is 2.67. The summed E-state index contributed by atoms with van der Waals surface area (Å²) in [6.45, 7) is 0. The minimum Gasteiger partial charge on any atom is -0.283 e. The highest BCUT2D eigenvalue weighted by molar-refractivity contribution is 5.70. The first-order valence-electron chi connectivity index (χ1n) is 3.84. The second kappa shape index (κ2) is 3.18. The van der Waals surface area contributed by atoms with Crippen LogP contribution in [0.4, 0.5) is 5.69 Å². The zero-order valence-electron chi connectivity index (χ0n) is 6.77. The van der Waals surface area contributed by atoms with Crippen LogP contribution in [0.15, 0.2) is 41.7 Å². The highest BCUT2D eigenvalue weighted by Gasteiger charge is 2.06. The minimum absolute atomic E-state index is 0.339. The Morgan fingerprint density at radius 1 is 1.23 bits per heavy atom. The fourth-order valence-corrected chi connectivity index (χ4v) is 1.16. The van der Waals surface area contributed by atoms with Crippen molar-refractivity contribution in [2.75, 3.05) is 0 Å². The molecule has 64 valence electrons. The van der Waals surface area contributed by atoms with Gasteiger partial charge in [-0.15, -0.1) is 4.91 Å². The standard InChI is InChI=1S/C9H7N3O/c13-12-8-6-10-11-9(8)7-4-2-1-3-5-7/h1-6H,(H,10,11). The molecule has 0 bridgehead atoms. The number of nitrogens with one attached hydrogen (secondary N) is 1. The molecule has 0 spiro atoms. The molecule has 1 aromatic carbocycles. The topological polar surface area (TPSA) is 58.1 Å². The van der Waals surface area contributed by atoms with Crippen LogP contribution in [0.5, 0.6) is 0 Å². The normalized spacial score (nSPS) is 9.85. The minimum atomic E-state index is 0.339. The molecule has 13 heavy (non-hydrogen) atoms. The van der Waals surface area contributed by atoms with Crippen LogP contribution in [0.25, 0.3) is 11.3 Å². The van der Waals surface area contributed by atoms with Crippen LogP contribution in [-0.2, 0) is 0 Å². The van der Waals surface area contributed by atoms with Gasteiger partial charge in [0.15, 0.2) is 5.69 Å². The second-order valence-electron chi connectivity index (χ2n) is 2.58. The van der Waals surface area contributed by atoms with Crippen LogP contribution < -0.4 is 0 Å². The number of aromatic amines is 1. The van der Waals surface area contributed by atoms with Gasteiger partial charge in [0.05, 0.1) is 6.20 Å². The maximum atomic E-state index is 10.4. The third-order valence-corrected chi connectivity index (χ3v) is 1.77. The monoisotopic (exact) mass is 173 g/mol. The second-order valence-corrected chi connectivity index (χ2v) is 2.58. The summed E-state index contributed by atoms with van der Waals surface area (Å²) in [6, 6.07) is 9.44. The number of rotatable bonds is 2. The van der Waals surface area contributed by atoms with E-state index in [9.17, 15) is 4.91 Å². The Bertz CT molecular complexity index is 408. The molecule has 0 fully saturated rings. The fourth-order valence-electron chi connectivity index (χ4n) is 1.16. The van der Waals surface area contributed by atoms with Crippen molar-refractivity contribution in [1.82, 2.24) is 10.2 Å². The van der Waals surface area contributed by atoms with E-state index < -0.39 is 0 Å². The first-order valence-corrected chi connectivity index (χ1v) is 3.84. The summed E-state index contributed by atoms with van der Waals surface area (Å²) in [5.41, 5.74) is 1.82. The molecule has 0 aliphatic heterocycles. The largest absolute Gasteiger partial charge is 0.283 e. The summed E-state index contributed by atoms with van der Waals surface area (Å²) < 4.78 is 0. The molecule has 4 heteroatoms. The van der Waals surface area contributed by atoms with Crippen molar-refractivity contribution >= 4 is 5.69 Å². The molecule has 1 N–H and O–H groups in total. The van der Waals surface area contributed by atoms with E-state index >= 15 is 0 Å². The predicted octanol–water partition coefficient (Wildman–Crippen LogP) is 2.47. The van der Waals surface area contributed by atoms with Crippen LogP contribution >= 0.6 is 0 Å². The molecule has 0 unspecified atom stereocenters. The molecule has 2 rings (SSSR count). The lowest BCUT2D eigenvalue weighted by Crippen LogP contribution is -1.76. The Morgan fingerprint density at radius 3 is 2.69 bits per heavy atom. The molecule has 2 aromatic rings. The van der Waals surface area contributed by atoms with E-state index in [-0.39, 0.29) is 0 Å². The first kappa shape index (κ1) is 7.67. The van der Waals surface area contributed by atoms with Gasteiger partial charge in [-0.3, -0.25) is 5.10 Å². The van der Waals surface area contributed by atoms with E-state index in [0.717, 1.165) is 5.56 Å². The summed E-state index contributed by atoms with van der Waals surface area (Å²) in [6.07, 6.45) is 1.48. The van der Waals surface area contributed by atoms with Gasteiger partial charge >= 0.3 is 0 Å². The van der Waals surface area contributed by atoms with Gasteiger partial charge in [-0.1, -0.05) is 30.3 Å². The molecule has 0 saturated heterocycles. The smallest absolute Gasteiger partial charge is 0.153 e. The van der Waals surface area contributed by atoms with Gasteiger partial charge in [-0.2, -0.15) is 5.10 Å². The third-order valence-electron chi connectivity index (χ3n) is 1.77. The molecule has 0 aliphatic rings. The number of hydrogen-bond donors (Lipinski definition) is 1. The Balaban J connectivity index is 2.52. The first-order chi connectivity index (χ1) is 6.42. The van der Waals surface area contributed by atoms with Gasteiger partial charge in [-0.05, 0) is 5.18 Å². The Labute approximate surface area is 74.6 Å². The summed E-state index contributed by atoms with van der Waals surface area (Å²) in [5.74, 6) is 0. The number of aromatic nitrogens is 2. The molecule has 1 heterocycles. The summed E-state index contributed by atoms with van der Waals surface area (Å²) in [5, 5.41) is 9.41. The van der Waals surface area contributed by atoms with Gasteiger partial charge in [0, 0.05) is 5.56 Å². The van der Waals surface area contributed by atoms with E-state index in [1.165, 1.54) is 6.20 Å². The van der Waals surface area contributed by atoms with Crippen molar-refractivity contribution in [2.45, 2.75) is 0 Å². The number of H-pyrrole nitrogens is 1. The molecule has 4 nitrogen and oxygen atoms in total. The van der Waals surface area contributed by atoms with Gasteiger partial charge in [0.25, 0.3) is 0 Å². The maximum absolute atomic E-state index is 10.4. The van der Waals surface area contributed by atoms with E-state index in [2.05, 4.69) is 15.4 Å². The van der Waals surface area contributed by atoms with Gasteiger partial charge in [-0.25, -0.2) is 0 Å². The summed E-state index contributed by atoms with van der Waals surface area (Å²) in [4.78, 5) is 10.4. The Hall–Kier alpha value is -1.97. The van der Waals surface area contributed by atoms with Crippen LogP contribution in [-0.4, -0.2) is 10.2 Å². The van der Waals surface area contributed by atoms with E-state index in [1.807, 2.05) is 30.3 Å². The molecular formula is C9H7N3O. The summed E-state index contributed by atoms with van der Waals surface area (Å²) >= 11 is 0. The maximum Gasteiger partial charge on any atom is 0.153 e. The van der Waals surface area contributed by atoms with Crippen molar-refractivity contribution in [3.8, 4) is 11.3 Å². The van der Waals surface area contributed by atoms with Gasteiger partial charge in [0.2, 0.25) is 0 Å². The zero-order chi connectivity index (χ0) is 9.10. The third kappa shape index (κ3) is 1.33. The Morgan fingerprint density at radius 2 is 2.00 bits per heavy atom. The SMILES string of the molecule is O=Nc1c[nH]nc1-c1ccccc1. The number of nitroso groups, excluding NO2 is 1. The predicted molar refractivity (Wildman–Crippen MR) is 49.5 cm³/mol. The van der Waals surface area contributed by atoms with Crippen LogP contribution in [0, 0.1) is 4.91 Å². The van der Waals surface area contributed by atoms with E-state index in [1.54, 1.807) is 0 Å². The van der Waals surface area contributed by atoms with Gasteiger partial charge in [0.1, 0.15) is 5.69 Å². The lowest BCUT2D eigenvalue weighted by atomic mass is 10.1. The van der Waals surface area contributed by atoms with Crippen LogP contribution in [0.2, 0.25) is 0 Å². The van der Waals surface area contributed by atoms with Crippen molar-refractivity contribution in [1.29, 1.82) is 0 Å². The van der Waals surface area contributed by atoms with Crippen LogP contribution in [0.1, 0.15) is 0 Å². The molecule has 1 aromatic heterocycles. The van der Waals surface area contributed by atoms with Crippen LogP contribution in [0.3, 0.4) is 0 Å². The fraction of sp³-hybridized carbons (Fsp3) is 0. The van der Waals surface area contributed by atoms with Crippen molar-refractivity contribution in [2.24, 2.45) is 5.18 Å². The molecule has 0 amide bonds. The Kier molecular flexibility index (Phi) is 1.88. The molecule has 0 saturated carbocycles. The van der Waals surface area contributed by atoms with Crippen molar-refractivity contribution < 1.29 is 0 Å². The lowest BCUT2D eigenvalue weighted by Gasteiger charge is -1.94. The summed E-state index contributed by atoms with van der Waals surface area (Å²) in [7, 11) is 0. The van der Waals surface area contributed by atoms with Gasteiger partial charge < -0.3 is 0 Å². The molecule has 0 radical (unpaired) electrons. The zero-order valence-corrected chi connectivity index (χ0v) is 6.77. The van der Waals surface area contributed by atoms with Crippen molar-refractivity contribution in [3.63, 3.8) is 0 Å². The van der Waals surface area contributed by atoms with E-state index in [4.69, 9.17) is 0 Å². The molecular weight excluding hydrogens is 166 g/mol. The molecule has 0 aliphatic carbocycles.